The predicted octanol–water partition coefficient (Wildman–Crippen LogP) is 3.39. The number of rotatable bonds is 4. The second-order valence-corrected chi connectivity index (χ2v) is 7.05. The number of likely N-dealkylation sites (tertiary alicyclic amines) is 1. The number of carbonyl (C=O) groups is 1. The number of thiazole rings is 1. The smallest absolute Gasteiger partial charge is 0.308 e. The Morgan fingerprint density at radius 3 is 2.67 bits per heavy atom. The Bertz CT molecular complexity index is 758. The van der Waals surface area contributed by atoms with Gasteiger partial charge in [0.15, 0.2) is 5.96 Å². The summed E-state index contributed by atoms with van der Waals surface area (Å²) in [4.78, 5) is 22.9. The largest absolute Gasteiger partial charge is 0.469 e. The van der Waals surface area contributed by atoms with E-state index in [1.807, 2.05) is 18.2 Å². The third-order valence-corrected chi connectivity index (χ3v) is 5.48. The molecule has 0 unspecified atom stereocenters. The van der Waals surface area contributed by atoms with Gasteiger partial charge in [-0.3, -0.25) is 9.79 Å². The molecule has 2 aromatic rings. The molecule has 8 heteroatoms. The van der Waals surface area contributed by atoms with E-state index in [0.29, 0.717) is 6.54 Å². The van der Waals surface area contributed by atoms with Crippen LogP contribution in [-0.2, 0) is 16.1 Å². The molecule has 146 valence electrons. The van der Waals surface area contributed by atoms with E-state index in [4.69, 9.17) is 9.72 Å². The average Bonchev–Trinajstić information content (AvgIpc) is 3.18. The molecule has 0 aliphatic carbocycles. The van der Waals surface area contributed by atoms with Gasteiger partial charge in [-0.15, -0.1) is 35.3 Å². The number of hydrogen-bond acceptors (Lipinski definition) is 5. The van der Waals surface area contributed by atoms with Gasteiger partial charge in [0.05, 0.1) is 25.3 Å². The van der Waals surface area contributed by atoms with Crippen molar-refractivity contribution in [2.24, 2.45) is 10.9 Å². The van der Waals surface area contributed by atoms with Crippen LogP contribution in [0.15, 0.2) is 40.7 Å². The summed E-state index contributed by atoms with van der Waals surface area (Å²) in [5, 5.41) is 6.48. The van der Waals surface area contributed by atoms with Crippen molar-refractivity contribution in [3.8, 4) is 10.6 Å². The maximum atomic E-state index is 11.6. The minimum absolute atomic E-state index is 0. The monoisotopic (exact) mass is 500 g/mol. The number of esters is 1. The second kappa shape index (κ2) is 10.6. The molecular formula is C19H25IN4O2S. The highest BCUT2D eigenvalue weighted by Gasteiger charge is 2.26. The van der Waals surface area contributed by atoms with Gasteiger partial charge < -0.3 is 15.0 Å². The Morgan fingerprint density at radius 2 is 2.04 bits per heavy atom. The predicted molar refractivity (Wildman–Crippen MR) is 119 cm³/mol. The van der Waals surface area contributed by atoms with Gasteiger partial charge in [0.25, 0.3) is 0 Å². The first kappa shape index (κ1) is 21.6. The van der Waals surface area contributed by atoms with Gasteiger partial charge in [-0.1, -0.05) is 30.3 Å². The van der Waals surface area contributed by atoms with Crippen molar-refractivity contribution < 1.29 is 9.53 Å². The van der Waals surface area contributed by atoms with Crippen LogP contribution in [0.25, 0.3) is 10.6 Å². The lowest BCUT2D eigenvalue weighted by molar-refractivity contribution is -0.146. The highest BCUT2D eigenvalue weighted by molar-refractivity contribution is 14.0. The zero-order valence-electron chi connectivity index (χ0n) is 15.6. The number of benzene rings is 1. The molecule has 1 aliphatic heterocycles. The Balaban J connectivity index is 0.00000261. The van der Waals surface area contributed by atoms with E-state index in [9.17, 15) is 4.79 Å². The average molecular weight is 500 g/mol. The summed E-state index contributed by atoms with van der Waals surface area (Å²) in [6.07, 6.45) is 1.59. The first-order chi connectivity index (χ1) is 12.7. The van der Waals surface area contributed by atoms with Gasteiger partial charge in [0.1, 0.15) is 5.01 Å². The SMILES string of the molecule is CN=C(NCc1csc(-c2ccccc2)n1)N1CCC(C(=O)OC)CC1.I. The summed E-state index contributed by atoms with van der Waals surface area (Å²) in [7, 11) is 3.23. The van der Waals surface area contributed by atoms with E-state index in [1.165, 1.54) is 7.11 Å². The number of aromatic nitrogens is 1. The highest BCUT2D eigenvalue weighted by Crippen LogP contribution is 2.23. The van der Waals surface area contributed by atoms with Crippen molar-refractivity contribution >= 4 is 47.2 Å². The molecule has 1 aromatic carbocycles. The van der Waals surface area contributed by atoms with Crippen LogP contribution in [0, 0.1) is 5.92 Å². The summed E-state index contributed by atoms with van der Waals surface area (Å²) in [6.45, 7) is 2.23. The molecule has 0 amide bonds. The number of aliphatic imine (C=N–C) groups is 1. The van der Waals surface area contributed by atoms with Crippen molar-refractivity contribution in [3.05, 3.63) is 41.4 Å². The van der Waals surface area contributed by atoms with Crippen LogP contribution in [0.3, 0.4) is 0 Å². The van der Waals surface area contributed by atoms with Crippen LogP contribution in [0.4, 0.5) is 0 Å². The number of nitrogens with zero attached hydrogens (tertiary/aromatic N) is 3. The lowest BCUT2D eigenvalue weighted by Gasteiger charge is -2.33. The molecule has 1 N–H and O–H groups in total. The molecule has 1 fully saturated rings. The number of ether oxygens (including phenoxy) is 1. The van der Waals surface area contributed by atoms with Crippen LogP contribution in [0.1, 0.15) is 18.5 Å². The van der Waals surface area contributed by atoms with Crippen LogP contribution < -0.4 is 5.32 Å². The summed E-state index contributed by atoms with van der Waals surface area (Å²) >= 11 is 1.65. The number of hydrogen-bond donors (Lipinski definition) is 1. The normalized spacial score (nSPS) is 15.2. The number of piperidine rings is 1. The van der Waals surface area contributed by atoms with Gasteiger partial charge in [-0.2, -0.15) is 0 Å². The van der Waals surface area contributed by atoms with E-state index in [1.54, 1.807) is 18.4 Å². The van der Waals surface area contributed by atoms with Crippen LogP contribution in [-0.4, -0.2) is 49.1 Å². The standard InChI is InChI=1S/C19H24N4O2S.HI/c1-20-19(23-10-8-15(9-11-23)18(24)25-2)21-12-16-13-26-17(22-16)14-6-4-3-5-7-14;/h3-7,13,15H,8-12H2,1-2H3,(H,20,21);1H. The second-order valence-electron chi connectivity index (χ2n) is 6.20. The maximum absolute atomic E-state index is 11.6. The molecule has 2 heterocycles. The lowest BCUT2D eigenvalue weighted by atomic mass is 9.97. The first-order valence-corrected chi connectivity index (χ1v) is 9.62. The molecule has 0 bridgehead atoms. The summed E-state index contributed by atoms with van der Waals surface area (Å²) in [6, 6.07) is 10.2. The molecule has 0 saturated carbocycles. The van der Waals surface area contributed by atoms with Crippen molar-refractivity contribution in [3.63, 3.8) is 0 Å². The van der Waals surface area contributed by atoms with E-state index in [-0.39, 0.29) is 35.9 Å². The first-order valence-electron chi connectivity index (χ1n) is 8.74. The van der Waals surface area contributed by atoms with Crippen molar-refractivity contribution in [2.45, 2.75) is 19.4 Å². The van der Waals surface area contributed by atoms with Gasteiger partial charge in [-0.25, -0.2) is 4.98 Å². The zero-order valence-corrected chi connectivity index (χ0v) is 18.7. The highest BCUT2D eigenvalue weighted by atomic mass is 127. The minimum atomic E-state index is -0.108. The fraction of sp³-hybridized carbons (Fsp3) is 0.421. The van der Waals surface area contributed by atoms with Gasteiger partial charge in [0.2, 0.25) is 0 Å². The van der Waals surface area contributed by atoms with Gasteiger partial charge in [-0.05, 0) is 12.8 Å². The van der Waals surface area contributed by atoms with Crippen molar-refractivity contribution in [2.75, 3.05) is 27.2 Å². The number of guanidine groups is 1. The quantitative estimate of drug-likeness (QED) is 0.302. The van der Waals surface area contributed by atoms with E-state index < -0.39 is 0 Å². The van der Waals surface area contributed by atoms with Crippen LogP contribution in [0.5, 0.6) is 0 Å². The number of carbonyl (C=O) groups excluding carboxylic acids is 1. The molecule has 6 nitrogen and oxygen atoms in total. The Hall–Kier alpha value is -1.68. The minimum Gasteiger partial charge on any atom is -0.469 e. The van der Waals surface area contributed by atoms with Gasteiger partial charge in [0, 0.05) is 31.1 Å². The van der Waals surface area contributed by atoms with Crippen LogP contribution >= 0.6 is 35.3 Å². The fourth-order valence-corrected chi connectivity index (χ4v) is 3.92. The van der Waals surface area contributed by atoms with Crippen LogP contribution in [0.2, 0.25) is 0 Å². The fourth-order valence-electron chi connectivity index (χ4n) is 3.10. The molecule has 0 atom stereocenters. The molecule has 0 spiro atoms. The van der Waals surface area contributed by atoms with E-state index in [2.05, 4.69) is 32.7 Å². The zero-order chi connectivity index (χ0) is 18.4. The summed E-state index contributed by atoms with van der Waals surface area (Å²) < 4.78 is 4.85. The molecule has 1 aromatic heterocycles. The summed E-state index contributed by atoms with van der Waals surface area (Å²) in [5.41, 5.74) is 2.14. The van der Waals surface area contributed by atoms with Crippen molar-refractivity contribution in [1.29, 1.82) is 0 Å². The number of nitrogens with one attached hydrogen (secondary N) is 1. The third-order valence-electron chi connectivity index (χ3n) is 4.54. The van der Waals surface area contributed by atoms with E-state index >= 15 is 0 Å². The van der Waals surface area contributed by atoms with Crippen molar-refractivity contribution in [1.82, 2.24) is 15.2 Å². The molecule has 1 saturated heterocycles. The molecule has 1 aliphatic rings. The number of methoxy groups -OCH3 is 1. The summed E-state index contributed by atoms with van der Waals surface area (Å²) in [5.74, 6) is 0.743. The van der Waals surface area contributed by atoms with E-state index in [0.717, 1.165) is 48.2 Å². The molecular weight excluding hydrogens is 475 g/mol. The Kier molecular flexibility index (Phi) is 8.49. The topological polar surface area (TPSA) is 66.8 Å². The maximum Gasteiger partial charge on any atom is 0.308 e. The lowest BCUT2D eigenvalue weighted by Crippen LogP contribution is -2.46. The van der Waals surface area contributed by atoms with Gasteiger partial charge >= 0.3 is 5.97 Å². The number of halogens is 1. The molecule has 0 radical (unpaired) electrons. The Morgan fingerprint density at radius 1 is 1.33 bits per heavy atom. The Labute approximate surface area is 181 Å². The third kappa shape index (κ3) is 5.65. The molecule has 27 heavy (non-hydrogen) atoms. The molecule has 3 rings (SSSR count).